The fraction of sp³-hybridized carbons (Fsp3) is 0.357. The molecule has 0 saturated carbocycles. The van der Waals surface area contributed by atoms with E-state index in [0.29, 0.717) is 17.6 Å². The van der Waals surface area contributed by atoms with Crippen molar-refractivity contribution >= 4 is 23.2 Å². The van der Waals surface area contributed by atoms with Crippen LogP contribution in [0.2, 0.25) is 5.15 Å². The van der Waals surface area contributed by atoms with E-state index in [9.17, 15) is 0 Å². The van der Waals surface area contributed by atoms with Gasteiger partial charge in [0.15, 0.2) is 0 Å². The van der Waals surface area contributed by atoms with E-state index in [0.717, 1.165) is 28.1 Å². The molecule has 0 fully saturated rings. The average molecular weight is 299 g/mol. The van der Waals surface area contributed by atoms with Crippen LogP contribution in [0.1, 0.15) is 22.4 Å². The molecule has 5 heteroatoms. The predicted molar refractivity (Wildman–Crippen MR) is 78.3 cm³/mol. The maximum atomic E-state index is 6.38. The standard InChI is InChI=1S/C14H16Cl2N2O/c1-9-4-5-10(2)13(6-9)18-14(16)11(7-15)12(17-18)8-19-3/h4-6H,7-8H2,1-3H3. The van der Waals surface area contributed by atoms with Crippen molar-refractivity contribution in [2.24, 2.45) is 0 Å². The first-order valence-corrected chi connectivity index (χ1v) is 6.88. The normalized spacial score (nSPS) is 11.0. The highest BCUT2D eigenvalue weighted by atomic mass is 35.5. The summed E-state index contributed by atoms with van der Waals surface area (Å²) in [7, 11) is 1.63. The first kappa shape index (κ1) is 14.4. The van der Waals surface area contributed by atoms with Gasteiger partial charge in [0.1, 0.15) is 5.15 Å². The van der Waals surface area contributed by atoms with E-state index in [2.05, 4.69) is 23.3 Å². The topological polar surface area (TPSA) is 27.1 Å². The fourth-order valence-electron chi connectivity index (χ4n) is 1.96. The lowest BCUT2D eigenvalue weighted by molar-refractivity contribution is 0.180. The molecule has 0 atom stereocenters. The van der Waals surface area contributed by atoms with Gasteiger partial charge in [0.25, 0.3) is 0 Å². The van der Waals surface area contributed by atoms with Gasteiger partial charge in [0.2, 0.25) is 0 Å². The Morgan fingerprint density at radius 2 is 2.05 bits per heavy atom. The molecule has 0 amide bonds. The maximum Gasteiger partial charge on any atom is 0.137 e. The van der Waals surface area contributed by atoms with Gasteiger partial charge in [0.05, 0.1) is 23.9 Å². The Bertz CT molecular complexity index is 593. The number of ether oxygens (including phenoxy) is 1. The molecule has 0 unspecified atom stereocenters. The smallest absolute Gasteiger partial charge is 0.137 e. The lowest BCUT2D eigenvalue weighted by Crippen LogP contribution is -2.01. The van der Waals surface area contributed by atoms with Gasteiger partial charge in [-0.25, -0.2) is 4.68 Å². The second-order valence-corrected chi connectivity index (χ2v) is 5.11. The number of aromatic nitrogens is 2. The van der Waals surface area contributed by atoms with E-state index in [1.165, 1.54) is 0 Å². The molecule has 0 aliphatic heterocycles. The third-order valence-electron chi connectivity index (χ3n) is 3.01. The summed E-state index contributed by atoms with van der Waals surface area (Å²) in [6.45, 7) is 4.47. The van der Waals surface area contributed by atoms with E-state index in [1.807, 2.05) is 13.8 Å². The molecule has 1 heterocycles. The Labute approximate surface area is 123 Å². The molecule has 1 aromatic heterocycles. The van der Waals surface area contributed by atoms with E-state index in [-0.39, 0.29) is 0 Å². The highest BCUT2D eigenvalue weighted by Gasteiger charge is 2.17. The number of benzene rings is 1. The van der Waals surface area contributed by atoms with Crippen molar-refractivity contribution in [2.45, 2.75) is 26.3 Å². The monoisotopic (exact) mass is 298 g/mol. The maximum absolute atomic E-state index is 6.38. The summed E-state index contributed by atoms with van der Waals surface area (Å²) >= 11 is 12.3. The van der Waals surface area contributed by atoms with Crippen LogP contribution in [-0.2, 0) is 17.2 Å². The predicted octanol–water partition coefficient (Wildman–Crippen LogP) is 4.03. The van der Waals surface area contributed by atoms with E-state index in [1.54, 1.807) is 11.8 Å². The van der Waals surface area contributed by atoms with Gasteiger partial charge in [-0.2, -0.15) is 5.10 Å². The third-order valence-corrected chi connectivity index (χ3v) is 3.67. The number of alkyl halides is 1. The molecule has 2 rings (SSSR count). The Morgan fingerprint density at radius 3 is 2.68 bits per heavy atom. The Hall–Kier alpha value is -1.03. The van der Waals surface area contributed by atoms with Crippen molar-refractivity contribution in [3.05, 3.63) is 45.7 Å². The lowest BCUT2D eigenvalue weighted by atomic mass is 10.1. The summed E-state index contributed by atoms with van der Waals surface area (Å²) in [6, 6.07) is 6.18. The number of aryl methyl sites for hydroxylation is 2. The van der Waals surface area contributed by atoms with Crippen LogP contribution >= 0.6 is 23.2 Å². The molecular formula is C14H16Cl2N2O. The molecule has 0 radical (unpaired) electrons. The van der Waals surface area contributed by atoms with Crippen LogP contribution in [0.25, 0.3) is 5.69 Å². The lowest BCUT2D eigenvalue weighted by Gasteiger charge is -2.08. The van der Waals surface area contributed by atoms with Gasteiger partial charge in [-0.1, -0.05) is 23.7 Å². The summed E-state index contributed by atoms with van der Waals surface area (Å²) in [4.78, 5) is 0. The minimum atomic E-state index is 0.322. The summed E-state index contributed by atoms with van der Waals surface area (Å²) < 4.78 is 6.87. The van der Waals surface area contributed by atoms with Crippen molar-refractivity contribution in [3.8, 4) is 5.69 Å². The van der Waals surface area contributed by atoms with Crippen molar-refractivity contribution in [2.75, 3.05) is 7.11 Å². The molecular weight excluding hydrogens is 283 g/mol. The van der Waals surface area contributed by atoms with Gasteiger partial charge in [-0.05, 0) is 31.0 Å². The van der Waals surface area contributed by atoms with Crippen molar-refractivity contribution in [1.82, 2.24) is 9.78 Å². The minimum absolute atomic E-state index is 0.322. The largest absolute Gasteiger partial charge is 0.378 e. The molecule has 2 aromatic rings. The molecule has 0 bridgehead atoms. The van der Waals surface area contributed by atoms with Gasteiger partial charge >= 0.3 is 0 Å². The van der Waals surface area contributed by atoms with E-state index < -0.39 is 0 Å². The summed E-state index contributed by atoms with van der Waals surface area (Å²) in [5, 5.41) is 5.07. The van der Waals surface area contributed by atoms with Crippen molar-refractivity contribution in [1.29, 1.82) is 0 Å². The molecule has 1 aromatic carbocycles. The molecule has 3 nitrogen and oxygen atoms in total. The van der Waals surface area contributed by atoms with Crippen LogP contribution in [0, 0.1) is 13.8 Å². The number of hydrogen-bond donors (Lipinski definition) is 0. The van der Waals surface area contributed by atoms with Crippen LogP contribution in [0.5, 0.6) is 0 Å². The summed E-state index contributed by atoms with van der Waals surface area (Å²) in [5.74, 6) is 0.322. The average Bonchev–Trinajstić information content (AvgIpc) is 2.69. The quantitative estimate of drug-likeness (QED) is 0.797. The van der Waals surface area contributed by atoms with Crippen LogP contribution in [0.3, 0.4) is 0 Å². The second kappa shape index (κ2) is 5.95. The van der Waals surface area contributed by atoms with Gasteiger partial charge in [0, 0.05) is 12.7 Å². The molecule has 0 aliphatic carbocycles. The molecule has 0 saturated heterocycles. The SMILES string of the molecule is COCc1nn(-c2cc(C)ccc2C)c(Cl)c1CCl. The van der Waals surface area contributed by atoms with Crippen molar-refractivity contribution in [3.63, 3.8) is 0 Å². The van der Waals surface area contributed by atoms with Gasteiger partial charge < -0.3 is 4.74 Å². The highest BCUT2D eigenvalue weighted by molar-refractivity contribution is 6.31. The number of halogens is 2. The highest BCUT2D eigenvalue weighted by Crippen LogP contribution is 2.27. The van der Waals surface area contributed by atoms with Gasteiger partial charge in [-0.15, -0.1) is 11.6 Å². The Morgan fingerprint density at radius 1 is 1.32 bits per heavy atom. The molecule has 102 valence electrons. The number of methoxy groups -OCH3 is 1. The van der Waals surface area contributed by atoms with Crippen LogP contribution in [-0.4, -0.2) is 16.9 Å². The van der Waals surface area contributed by atoms with Crippen LogP contribution in [0.15, 0.2) is 18.2 Å². The first-order valence-electron chi connectivity index (χ1n) is 5.97. The zero-order chi connectivity index (χ0) is 14.0. The second-order valence-electron chi connectivity index (χ2n) is 4.48. The van der Waals surface area contributed by atoms with E-state index in [4.69, 9.17) is 27.9 Å². The zero-order valence-corrected chi connectivity index (χ0v) is 12.7. The number of nitrogens with zero attached hydrogens (tertiary/aromatic N) is 2. The van der Waals surface area contributed by atoms with Crippen LogP contribution in [0.4, 0.5) is 0 Å². The summed E-state index contributed by atoms with van der Waals surface area (Å²) in [5.41, 5.74) is 4.85. The molecule has 0 N–H and O–H groups in total. The summed E-state index contributed by atoms with van der Waals surface area (Å²) in [6.07, 6.45) is 0. The third kappa shape index (κ3) is 2.78. The Balaban J connectivity index is 2.59. The fourth-order valence-corrected chi connectivity index (χ4v) is 2.62. The van der Waals surface area contributed by atoms with Crippen molar-refractivity contribution < 1.29 is 4.74 Å². The molecule has 0 aliphatic rings. The number of hydrogen-bond acceptors (Lipinski definition) is 2. The first-order chi connectivity index (χ1) is 9.08. The van der Waals surface area contributed by atoms with Crippen LogP contribution < -0.4 is 0 Å². The molecule has 19 heavy (non-hydrogen) atoms. The Kier molecular flexibility index (Phi) is 4.50. The zero-order valence-electron chi connectivity index (χ0n) is 11.2. The van der Waals surface area contributed by atoms with E-state index >= 15 is 0 Å². The minimum Gasteiger partial charge on any atom is -0.378 e. The number of rotatable bonds is 4. The molecule has 0 spiro atoms. The van der Waals surface area contributed by atoms with Gasteiger partial charge in [-0.3, -0.25) is 0 Å².